The van der Waals surface area contributed by atoms with Crippen molar-refractivity contribution < 1.29 is 9.90 Å². The van der Waals surface area contributed by atoms with Gasteiger partial charge < -0.3 is 9.67 Å². The van der Waals surface area contributed by atoms with Crippen molar-refractivity contribution in [2.75, 3.05) is 0 Å². The van der Waals surface area contributed by atoms with Crippen LogP contribution in [0.2, 0.25) is 0 Å². The lowest BCUT2D eigenvalue weighted by atomic mass is 10.1. The van der Waals surface area contributed by atoms with E-state index in [2.05, 4.69) is 25.5 Å². The largest absolute Gasteiger partial charge is 0.481 e. The number of rotatable bonds is 3. The van der Waals surface area contributed by atoms with Crippen LogP contribution in [0.1, 0.15) is 30.8 Å². The topological polar surface area (TPSA) is 55.1 Å². The number of carbonyl (C=O) groups is 1. The number of carboxylic acids is 1. The van der Waals surface area contributed by atoms with Gasteiger partial charge in [0.15, 0.2) is 0 Å². The summed E-state index contributed by atoms with van der Waals surface area (Å²) in [7, 11) is 0. The normalized spacial score (nSPS) is 15.0. The van der Waals surface area contributed by atoms with E-state index in [1.165, 1.54) is 6.42 Å². The Hall–Kier alpha value is -0.840. The van der Waals surface area contributed by atoms with Crippen LogP contribution in [0.15, 0.2) is 4.60 Å². The first kappa shape index (κ1) is 10.7. The molecule has 0 bridgehead atoms. The maximum absolute atomic E-state index is 10.5. The molecule has 0 amide bonds. The van der Waals surface area contributed by atoms with Gasteiger partial charge in [-0.05, 0) is 28.8 Å². The lowest BCUT2D eigenvalue weighted by Crippen LogP contribution is -2.13. The number of hydrogen-bond donors (Lipinski definition) is 1. The van der Waals surface area contributed by atoms with Crippen LogP contribution in [-0.4, -0.2) is 20.6 Å². The van der Waals surface area contributed by atoms with Crippen molar-refractivity contribution in [3.63, 3.8) is 0 Å². The van der Waals surface area contributed by atoms with Crippen LogP contribution in [0.4, 0.5) is 0 Å². The molecule has 0 aliphatic carbocycles. The molecule has 0 unspecified atom stereocenters. The minimum atomic E-state index is -0.756. The highest BCUT2D eigenvalue weighted by Crippen LogP contribution is 2.24. The molecule has 1 aliphatic rings. The van der Waals surface area contributed by atoms with Gasteiger partial charge in [-0.2, -0.15) is 0 Å². The fourth-order valence-electron chi connectivity index (χ4n) is 1.98. The van der Waals surface area contributed by atoms with E-state index in [0.717, 1.165) is 35.5 Å². The third kappa shape index (κ3) is 2.22. The van der Waals surface area contributed by atoms with Gasteiger partial charge in [-0.1, -0.05) is 0 Å². The van der Waals surface area contributed by atoms with Crippen molar-refractivity contribution in [3.05, 3.63) is 16.1 Å². The van der Waals surface area contributed by atoms with Gasteiger partial charge in [0.2, 0.25) is 0 Å². The maximum atomic E-state index is 10.5. The van der Waals surface area contributed by atoms with E-state index in [9.17, 15) is 4.79 Å². The molecular formula is C10H13BrN2O2. The Morgan fingerprint density at radius 2 is 2.33 bits per heavy atom. The van der Waals surface area contributed by atoms with E-state index in [1.807, 2.05) is 0 Å². The van der Waals surface area contributed by atoms with Gasteiger partial charge in [0.25, 0.3) is 0 Å². The van der Waals surface area contributed by atoms with E-state index in [4.69, 9.17) is 5.11 Å². The van der Waals surface area contributed by atoms with Crippen molar-refractivity contribution >= 4 is 21.9 Å². The second kappa shape index (κ2) is 4.35. The van der Waals surface area contributed by atoms with E-state index < -0.39 is 5.97 Å². The minimum absolute atomic E-state index is 0.170. The minimum Gasteiger partial charge on any atom is -0.481 e. The standard InChI is InChI=1S/C10H13BrN2O2/c11-10-7(4-5-9(14)15)13-6-2-1-3-8(13)12-10/h1-6H2,(H,14,15). The van der Waals surface area contributed by atoms with Crippen molar-refractivity contribution in [3.8, 4) is 0 Å². The lowest BCUT2D eigenvalue weighted by Gasteiger charge is -2.15. The highest BCUT2D eigenvalue weighted by atomic mass is 79.9. The Morgan fingerprint density at radius 3 is 3.07 bits per heavy atom. The van der Waals surface area contributed by atoms with Crippen molar-refractivity contribution in [1.82, 2.24) is 9.55 Å². The third-order valence-corrected chi connectivity index (χ3v) is 3.35. The van der Waals surface area contributed by atoms with Gasteiger partial charge >= 0.3 is 5.97 Å². The highest BCUT2D eigenvalue weighted by Gasteiger charge is 2.18. The Morgan fingerprint density at radius 1 is 1.53 bits per heavy atom. The summed E-state index contributed by atoms with van der Waals surface area (Å²) >= 11 is 3.40. The SMILES string of the molecule is O=C(O)CCc1c(Br)nc2n1CCCC2. The predicted octanol–water partition coefficient (Wildman–Crippen LogP) is 2.00. The van der Waals surface area contributed by atoms with Crippen LogP contribution in [0.25, 0.3) is 0 Å². The molecular weight excluding hydrogens is 260 g/mol. The molecule has 0 radical (unpaired) electrons. The van der Waals surface area contributed by atoms with Crippen LogP contribution < -0.4 is 0 Å². The number of imidazole rings is 1. The number of aliphatic carboxylic acids is 1. The average molecular weight is 273 g/mol. The van der Waals surface area contributed by atoms with Crippen LogP contribution >= 0.6 is 15.9 Å². The molecule has 1 aromatic rings. The van der Waals surface area contributed by atoms with Gasteiger partial charge in [0.05, 0.1) is 12.1 Å². The molecule has 4 nitrogen and oxygen atoms in total. The molecule has 0 spiro atoms. The average Bonchev–Trinajstić information content (AvgIpc) is 2.50. The molecule has 1 aliphatic heterocycles. The summed E-state index contributed by atoms with van der Waals surface area (Å²) in [6, 6.07) is 0. The molecule has 0 fully saturated rings. The molecule has 0 saturated heterocycles. The summed E-state index contributed by atoms with van der Waals surface area (Å²) in [6.07, 6.45) is 4.08. The molecule has 0 atom stereocenters. The van der Waals surface area contributed by atoms with Gasteiger partial charge in [-0.25, -0.2) is 4.98 Å². The molecule has 82 valence electrons. The molecule has 2 heterocycles. The summed E-state index contributed by atoms with van der Waals surface area (Å²) in [5.41, 5.74) is 1.03. The smallest absolute Gasteiger partial charge is 0.303 e. The van der Waals surface area contributed by atoms with Gasteiger partial charge in [-0.3, -0.25) is 4.79 Å². The fourth-order valence-corrected chi connectivity index (χ4v) is 2.59. The molecule has 5 heteroatoms. The lowest BCUT2D eigenvalue weighted by molar-refractivity contribution is -0.136. The summed E-state index contributed by atoms with van der Waals surface area (Å²) in [5.74, 6) is 0.335. The predicted molar refractivity (Wildman–Crippen MR) is 58.8 cm³/mol. The first-order valence-electron chi connectivity index (χ1n) is 5.14. The van der Waals surface area contributed by atoms with Gasteiger partial charge in [0, 0.05) is 19.4 Å². The number of fused-ring (bicyclic) bond motifs is 1. The second-order valence-corrected chi connectivity index (χ2v) is 4.52. The Labute approximate surface area is 96.4 Å². The van der Waals surface area contributed by atoms with E-state index in [1.54, 1.807) is 0 Å². The van der Waals surface area contributed by atoms with Crippen molar-refractivity contribution in [1.29, 1.82) is 0 Å². The number of hydrogen-bond acceptors (Lipinski definition) is 2. The Kier molecular flexibility index (Phi) is 3.09. The summed E-state index contributed by atoms with van der Waals surface area (Å²) in [4.78, 5) is 14.9. The summed E-state index contributed by atoms with van der Waals surface area (Å²) < 4.78 is 2.98. The van der Waals surface area contributed by atoms with Gasteiger partial charge in [0.1, 0.15) is 10.4 Å². The van der Waals surface area contributed by atoms with E-state index >= 15 is 0 Å². The van der Waals surface area contributed by atoms with Crippen LogP contribution in [0.5, 0.6) is 0 Å². The van der Waals surface area contributed by atoms with Crippen molar-refractivity contribution in [2.45, 2.75) is 38.6 Å². The van der Waals surface area contributed by atoms with Gasteiger partial charge in [-0.15, -0.1) is 0 Å². The fraction of sp³-hybridized carbons (Fsp3) is 0.600. The molecule has 1 N–H and O–H groups in total. The highest BCUT2D eigenvalue weighted by molar-refractivity contribution is 9.10. The van der Waals surface area contributed by atoms with E-state index in [0.29, 0.717) is 6.42 Å². The first-order valence-corrected chi connectivity index (χ1v) is 5.93. The molecule has 15 heavy (non-hydrogen) atoms. The number of carboxylic acid groups (broad SMARTS) is 1. The maximum Gasteiger partial charge on any atom is 0.303 e. The number of halogens is 1. The van der Waals surface area contributed by atoms with Crippen LogP contribution in [-0.2, 0) is 24.2 Å². The summed E-state index contributed by atoms with van der Waals surface area (Å²) in [6.45, 7) is 0.975. The molecule has 0 aromatic carbocycles. The zero-order chi connectivity index (χ0) is 10.8. The van der Waals surface area contributed by atoms with Crippen molar-refractivity contribution in [2.24, 2.45) is 0 Å². The van der Waals surface area contributed by atoms with E-state index in [-0.39, 0.29) is 6.42 Å². The summed E-state index contributed by atoms with van der Waals surface area (Å²) in [5, 5.41) is 8.66. The third-order valence-electron chi connectivity index (χ3n) is 2.71. The molecule has 0 saturated carbocycles. The number of nitrogens with zero attached hydrogens (tertiary/aromatic N) is 2. The first-order chi connectivity index (χ1) is 7.18. The number of aryl methyl sites for hydroxylation is 1. The Balaban J connectivity index is 2.21. The van der Waals surface area contributed by atoms with Crippen LogP contribution in [0.3, 0.4) is 0 Å². The zero-order valence-corrected chi connectivity index (χ0v) is 9.96. The molecule has 1 aromatic heterocycles. The second-order valence-electron chi connectivity index (χ2n) is 3.77. The zero-order valence-electron chi connectivity index (χ0n) is 8.37. The quantitative estimate of drug-likeness (QED) is 0.916. The van der Waals surface area contributed by atoms with Crippen LogP contribution in [0, 0.1) is 0 Å². The number of aromatic nitrogens is 2. The monoisotopic (exact) mass is 272 g/mol. The molecule has 2 rings (SSSR count). The Bertz CT molecular complexity index is 387.